The number of imide groups is 1. The molecule has 4 rings (SSSR count). The molecule has 2 heterocycles. The summed E-state index contributed by atoms with van der Waals surface area (Å²) in [5.74, 6) is -0.758. The van der Waals surface area contributed by atoms with Crippen LogP contribution in [0.15, 0.2) is 24.3 Å². The highest BCUT2D eigenvalue weighted by Gasteiger charge is 2.47. The fourth-order valence-electron chi connectivity index (χ4n) is 4.68. The zero-order valence-electron chi connectivity index (χ0n) is 18.1. The highest BCUT2D eigenvalue weighted by Crippen LogP contribution is 2.38. The van der Waals surface area contributed by atoms with Gasteiger partial charge in [-0.25, -0.2) is 4.98 Å². The highest BCUT2D eigenvalue weighted by molar-refractivity contribution is 7.16. The summed E-state index contributed by atoms with van der Waals surface area (Å²) in [6, 6.07) is 8.39. The summed E-state index contributed by atoms with van der Waals surface area (Å²) >= 11 is 1.44. The van der Waals surface area contributed by atoms with E-state index < -0.39 is 0 Å². The van der Waals surface area contributed by atoms with Crippen LogP contribution in [0.25, 0.3) is 11.3 Å². The predicted octanol–water partition coefficient (Wildman–Crippen LogP) is 4.57. The molecule has 1 aliphatic carbocycles. The van der Waals surface area contributed by atoms with Crippen molar-refractivity contribution in [3.63, 3.8) is 0 Å². The van der Waals surface area contributed by atoms with Gasteiger partial charge in [-0.15, -0.1) is 11.3 Å². The van der Waals surface area contributed by atoms with Crippen LogP contribution in [0.3, 0.4) is 0 Å². The molecule has 2 aromatic rings. The first-order chi connectivity index (χ1) is 15.0. The summed E-state index contributed by atoms with van der Waals surface area (Å²) in [5, 5.41) is 3.38. The zero-order chi connectivity index (χ0) is 22.0. The number of amides is 3. The summed E-state index contributed by atoms with van der Waals surface area (Å²) in [5.41, 5.74) is 3.21. The molecule has 1 aromatic heterocycles. The number of nitrogens with one attached hydrogen (secondary N) is 1. The van der Waals surface area contributed by atoms with Crippen LogP contribution >= 0.6 is 11.3 Å². The van der Waals surface area contributed by atoms with Crippen LogP contribution in [-0.4, -0.2) is 34.2 Å². The molecule has 3 amide bonds. The van der Waals surface area contributed by atoms with E-state index in [0.717, 1.165) is 54.7 Å². The van der Waals surface area contributed by atoms with E-state index in [1.165, 1.54) is 21.8 Å². The van der Waals surface area contributed by atoms with Gasteiger partial charge in [-0.2, -0.15) is 0 Å². The van der Waals surface area contributed by atoms with Gasteiger partial charge in [0.1, 0.15) is 0 Å². The minimum absolute atomic E-state index is 0.0938. The number of hydrogen-bond acceptors (Lipinski definition) is 5. The van der Waals surface area contributed by atoms with Crippen LogP contribution in [-0.2, 0) is 20.8 Å². The van der Waals surface area contributed by atoms with Gasteiger partial charge in [0.15, 0.2) is 5.13 Å². The van der Waals surface area contributed by atoms with Crippen LogP contribution in [0, 0.1) is 18.8 Å². The second-order valence-electron chi connectivity index (χ2n) is 8.49. The number of hydrogen-bond donors (Lipinski definition) is 1. The Bertz CT molecular complexity index is 958. The molecule has 164 valence electrons. The fourth-order valence-corrected chi connectivity index (χ4v) is 5.53. The van der Waals surface area contributed by atoms with Crippen molar-refractivity contribution in [2.75, 3.05) is 11.9 Å². The SMILES string of the molecule is CCCc1ccc(-c2nc(NC(=O)CCN3C(=O)C4CCCCC4C3=O)sc2C)cc1. The van der Waals surface area contributed by atoms with Crippen LogP contribution in [0.2, 0.25) is 0 Å². The molecule has 0 spiro atoms. The first-order valence-corrected chi connectivity index (χ1v) is 12.0. The smallest absolute Gasteiger partial charge is 0.233 e. The van der Waals surface area contributed by atoms with Gasteiger partial charge in [-0.05, 0) is 31.7 Å². The van der Waals surface area contributed by atoms with Crippen molar-refractivity contribution in [2.24, 2.45) is 11.8 Å². The number of rotatable bonds is 7. The number of carbonyl (C=O) groups excluding carboxylic acids is 3. The number of aromatic nitrogens is 1. The molecule has 2 aliphatic rings. The van der Waals surface area contributed by atoms with Gasteiger partial charge in [0.25, 0.3) is 0 Å². The van der Waals surface area contributed by atoms with Gasteiger partial charge in [-0.3, -0.25) is 19.3 Å². The Hall–Kier alpha value is -2.54. The minimum Gasteiger partial charge on any atom is -0.302 e. The molecule has 0 radical (unpaired) electrons. The average molecular weight is 440 g/mol. The lowest BCUT2D eigenvalue weighted by molar-refractivity contribution is -0.140. The normalized spacial score (nSPS) is 20.8. The third kappa shape index (κ3) is 4.56. The van der Waals surface area contributed by atoms with Crippen LogP contribution < -0.4 is 5.32 Å². The van der Waals surface area contributed by atoms with E-state index in [1.54, 1.807) is 0 Å². The number of thiazole rings is 1. The summed E-state index contributed by atoms with van der Waals surface area (Å²) in [4.78, 5) is 44.5. The van der Waals surface area contributed by atoms with Gasteiger partial charge in [0.05, 0.1) is 17.5 Å². The van der Waals surface area contributed by atoms with Gasteiger partial charge >= 0.3 is 0 Å². The number of carbonyl (C=O) groups is 3. The van der Waals surface area contributed by atoms with Gasteiger partial charge in [0, 0.05) is 23.4 Å². The third-order valence-corrected chi connectivity index (χ3v) is 7.19. The maximum Gasteiger partial charge on any atom is 0.233 e. The van der Waals surface area contributed by atoms with Crippen molar-refractivity contribution in [3.8, 4) is 11.3 Å². The maximum absolute atomic E-state index is 12.6. The van der Waals surface area contributed by atoms with E-state index >= 15 is 0 Å². The Morgan fingerprint density at radius 2 is 1.77 bits per heavy atom. The van der Waals surface area contributed by atoms with Crippen LogP contribution in [0.4, 0.5) is 5.13 Å². The first kappa shape index (κ1) is 21.7. The van der Waals surface area contributed by atoms with Crippen LogP contribution in [0.5, 0.6) is 0 Å². The largest absolute Gasteiger partial charge is 0.302 e. The lowest BCUT2D eigenvalue weighted by Gasteiger charge is -2.19. The second kappa shape index (κ2) is 9.30. The monoisotopic (exact) mass is 439 g/mol. The Morgan fingerprint density at radius 1 is 1.13 bits per heavy atom. The molecule has 0 bridgehead atoms. The van der Waals surface area contributed by atoms with Gasteiger partial charge in [-0.1, -0.05) is 50.5 Å². The summed E-state index contributed by atoms with van der Waals surface area (Å²) in [6.45, 7) is 4.30. The van der Waals surface area contributed by atoms with Crippen molar-refractivity contribution in [1.29, 1.82) is 0 Å². The van der Waals surface area contributed by atoms with E-state index in [4.69, 9.17) is 0 Å². The lowest BCUT2D eigenvalue weighted by Crippen LogP contribution is -2.34. The van der Waals surface area contributed by atoms with Crippen molar-refractivity contribution >= 4 is 34.2 Å². The fraction of sp³-hybridized carbons (Fsp3) is 0.500. The molecule has 2 unspecified atom stereocenters. The van der Waals surface area contributed by atoms with E-state index in [0.29, 0.717) is 5.13 Å². The quantitative estimate of drug-likeness (QED) is 0.641. The van der Waals surface area contributed by atoms with E-state index in [1.807, 2.05) is 6.92 Å². The topological polar surface area (TPSA) is 79.4 Å². The number of likely N-dealkylation sites (tertiary alicyclic amines) is 1. The molecule has 1 N–H and O–H groups in total. The first-order valence-electron chi connectivity index (χ1n) is 11.2. The van der Waals surface area contributed by atoms with Crippen molar-refractivity contribution in [1.82, 2.24) is 9.88 Å². The molecule has 2 atom stereocenters. The van der Waals surface area contributed by atoms with Crippen molar-refractivity contribution in [2.45, 2.75) is 58.8 Å². The van der Waals surface area contributed by atoms with Crippen LogP contribution in [0.1, 0.15) is 55.9 Å². The Kier molecular flexibility index (Phi) is 6.51. The number of benzene rings is 1. The molecule has 1 saturated carbocycles. The second-order valence-corrected chi connectivity index (χ2v) is 9.70. The molecule has 1 aliphatic heterocycles. The van der Waals surface area contributed by atoms with Crippen molar-refractivity contribution in [3.05, 3.63) is 34.7 Å². The van der Waals surface area contributed by atoms with Gasteiger partial charge < -0.3 is 5.32 Å². The predicted molar refractivity (Wildman–Crippen MR) is 122 cm³/mol. The minimum atomic E-state index is -0.228. The number of aryl methyl sites for hydroxylation is 2. The molecular formula is C24H29N3O3S. The summed E-state index contributed by atoms with van der Waals surface area (Å²) in [7, 11) is 0. The zero-order valence-corrected chi connectivity index (χ0v) is 19.0. The van der Waals surface area contributed by atoms with E-state index in [9.17, 15) is 14.4 Å². The molecule has 1 saturated heterocycles. The molecule has 2 fully saturated rings. The van der Waals surface area contributed by atoms with Gasteiger partial charge in [0.2, 0.25) is 17.7 Å². The highest BCUT2D eigenvalue weighted by atomic mass is 32.1. The molecule has 7 heteroatoms. The Labute approximate surface area is 187 Å². The van der Waals surface area contributed by atoms with Crippen molar-refractivity contribution < 1.29 is 14.4 Å². The molecular weight excluding hydrogens is 410 g/mol. The number of nitrogens with zero attached hydrogens (tertiary/aromatic N) is 2. The Balaban J connectivity index is 1.35. The average Bonchev–Trinajstić information content (AvgIpc) is 3.24. The standard InChI is InChI=1S/C24H29N3O3S/c1-3-6-16-9-11-17(12-10-16)21-15(2)31-24(26-21)25-20(28)13-14-27-22(29)18-7-4-5-8-19(18)23(27)30/h9-12,18-19H,3-8,13-14H2,1-2H3,(H,25,26,28). The molecule has 6 nitrogen and oxygen atoms in total. The third-order valence-electron chi connectivity index (χ3n) is 6.30. The summed E-state index contributed by atoms with van der Waals surface area (Å²) in [6.07, 6.45) is 5.85. The molecule has 1 aromatic carbocycles. The van der Waals surface area contributed by atoms with E-state index in [-0.39, 0.29) is 42.5 Å². The number of anilines is 1. The lowest BCUT2D eigenvalue weighted by atomic mass is 9.81. The Morgan fingerprint density at radius 3 is 2.39 bits per heavy atom. The number of fused-ring (bicyclic) bond motifs is 1. The maximum atomic E-state index is 12.6. The summed E-state index contributed by atoms with van der Waals surface area (Å²) < 4.78 is 0. The van der Waals surface area contributed by atoms with E-state index in [2.05, 4.69) is 41.5 Å². The molecule has 31 heavy (non-hydrogen) atoms.